The summed E-state index contributed by atoms with van der Waals surface area (Å²) >= 11 is 3.69. The molecule has 6 heteroatoms. The zero-order valence-corrected chi connectivity index (χ0v) is 12.2. The van der Waals surface area contributed by atoms with Gasteiger partial charge in [-0.2, -0.15) is 23.5 Å². The minimum Gasteiger partial charge on any atom is -0.323 e. The number of amides is 1. The van der Waals surface area contributed by atoms with Crippen LogP contribution in [0.15, 0.2) is 5.16 Å². The zero-order chi connectivity index (χ0) is 12.7. The van der Waals surface area contributed by atoms with Gasteiger partial charge in [-0.1, -0.05) is 12.1 Å². The van der Waals surface area contributed by atoms with E-state index < -0.39 is 6.09 Å². The van der Waals surface area contributed by atoms with Crippen LogP contribution >= 0.6 is 23.5 Å². The highest BCUT2D eigenvalue weighted by Crippen LogP contribution is 2.47. The molecule has 1 fully saturated rings. The van der Waals surface area contributed by atoms with Crippen LogP contribution in [0.3, 0.4) is 0 Å². The summed E-state index contributed by atoms with van der Waals surface area (Å²) in [6, 6.07) is 0. The third kappa shape index (κ3) is 5.21. The molecular formula is C11H20N2O2S2. The van der Waals surface area contributed by atoms with Gasteiger partial charge in [-0.25, -0.2) is 4.79 Å². The predicted octanol–water partition coefficient (Wildman–Crippen LogP) is 2.59. The molecule has 0 aromatic heterocycles. The molecule has 0 aromatic rings. The van der Waals surface area contributed by atoms with Gasteiger partial charge in [0.15, 0.2) is 0 Å². The quantitative estimate of drug-likeness (QED) is 0.336. The summed E-state index contributed by atoms with van der Waals surface area (Å²) in [5, 5.41) is 6.39. The lowest BCUT2D eigenvalue weighted by molar-refractivity contribution is 0.152. The van der Waals surface area contributed by atoms with Gasteiger partial charge >= 0.3 is 6.09 Å². The topological polar surface area (TPSA) is 50.7 Å². The molecule has 17 heavy (non-hydrogen) atoms. The van der Waals surface area contributed by atoms with Crippen LogP contribution in [0, 0.1) is 5.41 Å². The van der Waals surface area contributed by atoms with Gasteiger partial charge < -0.3 is 5.32 Å². The molecule has 0 saturated heterocycles. The lowest BCUT2D eigenvalue weighted by Crippen LogP contribution is -2.21. The van der Waals surface area contributed by atoms with Crippen molar-refractivity contribution in [3.63, 3.8) is 0 Å². The maximum absolute atomic E-state index is 11.0. The van der Waals surface area contributed by atoms with Crippen molar-refractivity contribution < 1.29 is 9.63 Å². The summed E-state index contributed by atoms with van der Waals surface area (Å²) in [4.78, 5) is 15.8. The maximum Gasteiger partial charge on any atom is 0.433 e. The van der Waals surface area contributed by atoms with Gasteiger partial charge in [0.05, 0.1) is 5.71 Å². The van der Waals surface area contributed by atoms with E-state index in [1.165, 1.54) is 7.05 Å². The highest BCUT2D eigenvalue weighted by Gasteiger charge is 2.42. The minimum absolute atomic E-state index is 0.167. The molecule has 0 spiro atoms. The summed E-state index contributed by atoms with van der Waals surface area (Å²) in [6.07, 6.45) is 3.89. The molecule has 1 saturated carbocycles. The normalized spacial score (nSPS) is 17.7. The minimum atomic E-state index is -0.499. The molecule has 0 aliphatic heterocycles. The average molecular weight is 276 g/mol. The van der Waals surface area contributed by atoms with Crippen LogP contribution in [0.4, 0.5) is 4.79 Å². The second kappa shape index (κ2) is 7.16. The van der Waals surface area contributed by atoms with Crippen LogP contribution in [0.5, 0.6) is 0 Å². The third-order valence-electron chi connectivity index (χ3n) is 2.81. The fourth-order valence-corrected chi connectivity index (χ4v) is 3.12. The van der Waals surface area contributed by atoms with E-state index in [2.05, 4.69) is 23.7 Å². The number of oxime groups is 1. The average Bonchev–Trinajstić information content (AvgIpc) is 3.06. The summed E-state index contributed by atoms with van der Waals surface area (Å²) in [5.41, 5.74) is 1.17. The van der Waals surface area contributed by atoms with Crippen LogP contribution in [0.2, 0.25) is 0 Å². The van der Waals surface area contributed by atoms with Crippen molar-refractivity contribution in [2.75, 3.05) is 30.6 Å². The zero-order valence-electron chi connectivity index (χ0n) is 10.6. The Morgan fingerprint density at radius 2 is 2.18 bits per heavy atom. The van der Waals surface area contributed by atoms with E-state index in [9.17, 15) is 4.79 Å². The maximum atomic E-state index is 11.0. The summed E-state index contributed by atoms with van der Waals surface area (Å²) in [7, 11) is 1.53. The van der Waals surface area contributed by atoms with Gasteiger partial charge in [0.2, 0.25) is 0 Å². The van der Waals surface area contributed by atoms with Gasteiger partial charge in [-0.3, -0.25) is 4.84 Å². The SMILES string of the molecule is CNC(=O)ON=C(CSCCSC)C1(C)CC1. The molecule has 1 aliphatic carbocycles. The van der Waals surface area contributed by atoms with Crippen molar-refractivity contribution >= 4 is 35.3 Å². The summed E-state index contributed by atoms with van der Waals surface area (Å²) in [5.74, 6) is 3.11. The van der Waals surface area contributed by atoms with Crippen molar-refractivity contribution in [1.82, 2.24) is 5.32 Å². The Kier molecular flexibility index (Phi) is 6.19. The fraction of sp³-hybridized carbons (Fsp3) is 0.818. The number of hydrogen-bond acceptors (Lipinski definition) is 5. The van der Waals surface area contributed by atoms with Gasteiger partial charge in [0.1, 0.15) is 0 Å². The molecule has 0 heterocycles. The smallest absolute Gasteiger partial charge is 0.323 e. The molecule has 1 N–H and O–H groups in total. The van der Waals surface area contributed by atoms with Crippen molar-refractivity contribution in [3.05, 3.63) is 0 Å². The lowest BCUT2D eigenvalue weighted by Gasteiger charge is -2.11. The number of carbonyl (C=O) groups excluding carboxylic acids is 1. The third-order valence-corrected chi connectivity index (χ3v) is 4.65. The lowest BCUT2D eigenvalue weighted by atomic mass is 10.1. The van der Waals surface area contributed by atoms with Crippen LogP contribution < -0.4 is 5.32 Å². The number of nitrogens with zero attached hydrogens (tertiary/aromatic N) is 1. The molecule has 0 radical (unpaired) electrons. The van der Waals surface area contributed by atoms with Gasteiger partial charge in [-0.15, -0.1) is 0 Å². The van der Waals surface area contributed by atoms with E-state index >= 15 is 0 Å². The first-order chi connectivity index (χ1) is 8.12. The Morgan fingerprint density at radius 3 is 2.71 bits per heavy atom. The van der Waals surface area contributed by atoms with E-state index in [-0.39, 0.29) is 5.41 Å². The molecule has 0 unspecified atom stereocenters. The van der Waals surface area contributed by atoms with E-state index in [1.807, 2.05) is 23.5 Å². The van der Waals surface area contributed by atoms with Crippen LogP contribution in [0.25, 0.3) is 0 Å². The Labute approximate surface area is 111 Å². The second-order valence-corrected chi connectivity index (χ2v) is 6.36. The highest BCUT2D eigenvalue weighted by atomic mass is 32.2. The molecule has 0 aromatic carbocycles. The highest BCUT2D eigenvalue weighted by molar-refractivity contribution is 8.02. The molecule has 1 amide bonds. The first-order valence-corrected chi connectivity index (χ1v) is 8.20. The Hall–Kier alpha value is -0.360. The molecule has 98 valence electrons. The van der Waals surface area contributed by atoms with Crippen LogP contribution in [-0.2, 0) is 4.84 Å². The number of rotatable bonds is 7. The largest absolute Gasteiger partial charge is 0.433 e. The Balaban J connectivity index is 2.41. The van der Waals surface area contributed by atoms with Crippen LogP contribution in [-0.4, -0.2) is 42.4 Å². The molecule has 1 rings (SSSR count). The second-order valence-electron chi connectivity index (χ2n) is 4.27. The van der Waals surface area contributed by atoms with Gasteiger partial charge in [0.25, 0.3) is 0 Å². The molecular weight excluding hydrogens is 256 g/mol. The molecule has 4 nitrogen and oxygen atoms in total. The molecule has 1 aliphatic rings. The standard InChI is InChI=1S/C11H20N2O2S2/c1-11(4-5-11)9(8-17-7-6-16-3)13-15-10(14)12-2/h4-8H2,1-3H3,(H,12,14). The predicted molar refractivity (Wildman–Crippen MR) is 76.0 cm³/mol. The molecule has 0 atom stereocenters. The molecule has 0 bridgehead atoms. The van der Waals surface area contributed by atoms with E-state index in [0.29, 0.717) is 0 Å². The van der Waals surface area contributed by atoms with Gasteiger partial charge in [0, 0.05) is 29.7 Å². The number of hydrogen-bond donors (Lipinski definition) is 1. The number of carbonyl (C=O) groups is 1. The number of nitrogens with one attached hydrogen (secondary N) is 1. The fourth-order valence-electron chi connectivity index (χ4n) is 1.24. The monoisotopic (exact) mass is 276 g/mol. The Morgan fingerprint density at radius 1 is 1.47 bits per heavy atom. The van der Waals surface area contributed by atoms with Crippen molar-refractivity contribution in [2.24, 2.45) is 10.6 Å². The van der Waals surface area contributed by atoms with E-state index in [0.717, 1.165) is 35.8 Å². The number of thioether (sulfide) groups is 2. The van der Waals surface area contributed by atoms with Crippen molar-refractivity contribution in [2.45, 2.75) is 19.8 Å². The van der Waals surface area contributed by atoms with Crippen molar-refractivity contribution in [3.8, 4) is 0 Å². The first kappa shape index (κ1) is 14.7. The van der Waals surface area contributed by atoms with E-state index in [1.54, 1.807) is 0 Å². The van der Waals surface area contributed by atoms with Crippen molar-refractivity contribution in [1.29, 1.82) is 0 Å². The summed E-state index contributed by atoms with van der Waals surface area (Å²) in [6.45, 7) is 2.17. The Bertz CT molecular complexity index is 291. The van der Waals surface area contributed by atoms with Gasteiger partial charge in [-0.05, 0) is 19.1 Å². The van der Waals surface area contributed by atoms with E-state index in [4.69, 9.17) is 4.84 Å². The summed E-state index contributed by atoms with van der Waals surface area (Å²) < 4.78 is 0. The van der Waals surface area contributed by atoms with Crippen LogP contribution in [0.1, 0.15) is 19.8 Å². The first-order valence-electron chi connectivity index (χ1n) is 5.65.